The molecule has 0 unspecified atom stereocenters. The molecule has 0 fully saturated rings. The molecule has 0 aliphatic rings. The van der Waals surface area contributed by atoms with Gasteiger partial charge in [-0.15, -0.1) is 11.3 Å². The van der Waals surface area contributed by atoms with Gasteiger partial charge in [-0.25, -0.2) is 9.67 Å². The van der Waals surface area contributed by atoms with Crippen LogP contribution in [-0.4, -0.2) is 26.6 Å². The van der Waals surface area contributed by atoms with Gasteiger partial charge in [-0.1, -0.05) is 22.0 Å². The van der Waals surface area contributed by atoms with Crippen molar-refractivity contribution >= 4 is 61.5 Å². The van der Waals surface area contributed by atoms with Crippen molar-refractivity contribution in [3.05, 3.63) is 58.0 Å². The zero-order valence-electron chi connectivity index (χ0n) is 17.1. The van der Waals surface area contributed by atoms with E-state index in [2.05, 4.69) is 31.7 Å². The molecule has 0 radical (unpaired) electrons. The van der Waals surface area contributed by atoms with E-state index in [0.29, 0.717) is 33.7 Å². The number of hydrogen-bond donors (Lipinski definition) is 2. The van der Waals surface area contributed by atoms with Crippen molar-refractivity contribution in [2.75, 3.05) is 10.6 Å². The molecule has 0 spiro atoms. The molecule has 4 rings (SSSR count). The lowest BCUT2D eigenvalue weighted by Crippen LogP contribution is -2.16. The van der Waals surface area contributed by atoms with E-state index in [9.17, 15) is 9.59 Å². The summed E-state index contributed by atoms with van der Waals surface area (Å²) in [5, 5.41) is 12.8. The van der Waals surface area contributed by atoms with E-state index in [-0.39, 0.29) is 17.9 Å². The fourth-order valence-electron chi connectivity index (χ4n) is 3.24. The van der Waals surface area contributed by atoms with E-state index < -0.39 is 0 Å². The maximum Gasteiger partial charge on any atom is 0.256 e. The minimum Gasteiger partial charge on any atom is -0.325 e. The highest BCUT2D eigenvalue weighted by Crippen LogP contribution is 2.31. The number of carbonyl (C=O) groups excluding carboxylic acids is 2. The number of aromatic nitrogens is 3. The summed E-state index contributed by atoms with van der Waals surface area (Å²) in [6, 6.07) is 11.1. The Morgan fingerprint density at radius 2 is 1.94 bits per heavy atom. The largest absolute Gasteiger partial charge is 0.325 e. The van der Waals surface area contributed by atoms with Gasteiger partial charge >= 0.3 is 0 Å². The minimum atomic E-state index is -0.307. The average Bonchev–Trinajstić information content (AvgIpc) is 3.38. The highest BCUT2D eigenvalue weighted by atomic mass is 79.9. The number of pyridine rings is 1. The Morgan fingerprint density at radius 1 is 1.13 bits per heavy atom. The van der Waals surface area contributed by atoms with E-state index in [4.69, 9.17) is 4.98 Å². The first-order valence-corrected chi connectivity index (χ1v) is 11.3. The van der Waals surface area contributed by atoms with E-state index in [1.54, 1.807) is 41.8 Å². The number of rotatable bonds is 5. The second-order valence-corrected chi connectivity index (χ2v) is 9.14. The van der Waals surface area contributed by atoms with Crippen LogP contribution in [0.25, 0.3) is 21.6 Å². The molecule has 0 aliphatic carbocycles. The van der Waals surface area contributed by atoms with Gasteiger partial charge in [0.25, 0.3) is 5.91 Å². The first-order chi connectivity index (χ1) is 14.8. The zero-order valence-corrected chi connectivity index (χ0v) is 19.5. The number of anilines is 2. The average molecular weight is 498 g/mol. The molecule has 0 saturated heterocycles. The number of nitrogens with zero attached hydrogens (tertiary/aromatic N) is 3. The quantitative estimate of drug-likeness (QED) is 0.369. The molecule has 0 saturated carbocycles. The highest BCUT2D eigenvalue weighted by molar-refractivity contribution is 9.10. The van der Waals surface area contributed by atoms with Crippen molar-refractivity contribution in [3.63, 3.8) is 0 Å². The van der Waals surface area contributed by atoms with Gasteiger partial charge in [0, 0.05) is 17.4 Å². The predicted octanol–water partition coefficient (Wildman–Crippen LogP) is 5.71. The van der Waals surface area contributed by atoms with Crippen LogP contribution in [0, 0.1) is 0 Å². The summed E-state index contributed by atoms with van der Waals surface area (Å²) in [4.78, 5) is 30.7. The third-order valence-electron chi connectivity index (χ3n) is 4.61. The van der Waals surface area contributed by atoms with Crippen LogP contribution in [0.4, 0.5) is 11.4 Å². The summed E-state index contributed by atoms with van der Waals surface area (Å²) in [5.41, 5.74) is 2.85. The lowest BCUT2D eigenvalue weighted by Gasteiger charge is -2.13. The molecule has 0 aliphatic heterocycles. The molecule has 4 aromatic rings. The van der Waals surface area contributed by atoms with Crippen LogP contribution in [0.15, 0.2) is 52.4 Å². The fraction of sp³-hybridized carbons (Fsp3) is 0.182. The van der Waals surface area contributed by atoms with Gasteiger partial charge in [-0.2, -0.15) is 5.10 Å². The Labute approximate surface area is 191 Å². The van der Waals surface area contributed by atoms with E-state index in [1.807, 2.05) is 36.0 Å². The molecule has 9 heteroatoms. The number of nitrogens with one attached hydrogen (secondary N) is 2. The van der Waals surface area contributed by atoms with Crippen LogP contribution in [0.3, 0.4) is 0 Å². The van der Waals surface area contributed by atoms with Crippen molar-refractivity contribution in [1.82, 2.24) is 14.8 Å². The van der Waals surface area contributed by atoms with Gasteiger partial charge in [0.1, 0.15) is 0 Å². The van der Waals surface area contributed by atoms with Crippen LogP contribution in [0.2, 0.25) is 0 Å². The van der Waals surface area contributed by atoms with Crippen LogP contribution in [0.5, 0.6) is 0 Å². The second-order valence-electron chi connectivity index (χ2n) is 7.28. The first kappa shape index (κ1) is 21.2. The SMILES string of the molecule is CC(=O)Nc1ccc(Br)cc1NC(=O)c1cc(-c2cccs2)nc2c1cnn2C(C)C. The normalized spacial score (nSPS) is 11.1. The molecule has 3 heterocycles. The molecule has 3 aromatic heterocycles. The molecule has 31 heavy (non-hydrogen) atoms. The number of fused-ring (bicyclic) bond motifs is 1. The Morgan fingerprint density at radius 3 is 2.61 bits per heavy atom. The Balaban J connectivity index is 1.81. The summed E-state index contributed by atoms with van der Waals surface area (Å²) in [5.74, 6) is -0.527. The van der Waals surface area contributed by atoms with Gasteiger partial charge in [-0.3, -0.25) is 9.59 Å². The topological polar surface area (TPSA) is 88.9 Å². The van der Waals surface area contributed by atoms with Crippen LogP contribution >= 0.6 is 27.3 Å². The standard InChI is InChI=1S/C22H20BrN5O2S/c1-12(2)28-21-16(11-24-28)15(10-19(26-21)20-5-4-8-31-20)22(30)27-18-9-14(23)6-7-17(18)25-13(3)29/h4-12H,1-3H3,(H,25,29)(H,27,30). The predicted molar refractivity (Wildman–Crippen MR) is 128 cm³/mol. The van der Waals surface area contributed by atoms with Crippen molar-refractivity contribution in [2.45, 2.75) is 26.8 Å². The van der Waals surface area contributed by atoms with Gasteiger partial charge in [-0.05, 0) is 49.6 Å². The number of benzene rings is 1. The molecule has 0 bridgehead atoms. The molecule has 2 N–H and O–H groups in total. The summed E-state index contributed by atoms with van der Waals surface area (Å²) in [6.07, 6.45) is 1.67. The van der Waals surface area contributed by atoms with E-state index in [1.165, 1.54) is 6.92 Å². The van der Waals surface area contributed by atoms with Crippen molar-refractivity contribution in [2.24, 2.45) is 0 Å². The third-order valence-corrected chi connectivity index (χ3v) is 6.00. The molecule has 2 amide bonds. The number of hydrogen-bond acceptors (Lipinski definition) is 5. The molecule has 0 atom stereocenters. The maximum atomic E-state index is 13.4. The monoisotopic (exact) mass is 497 g/mol. The number of thiophene rings is 1. The lowest BCUT2D eigenvalue weighted by molar-refractivity contribution is -0.114. The summed E-state index contributed by atoms with van der Waals surface area (Å²) in [6.45, 7) is 5.47. The maximum absolute atomic E-state index is 13.4. The first-order valence-electron chi connectivity index (χ1n) is 9.64. The molecule has 158 valence electrons. The summed E-state index contributed by atoms with van der Waals surface area (Å²) < 4.78 is 2.59. The lowest BCUT2D eigenvalue weighted by atomic mass is 10.1. The Kier molecular flexibility index (Phi) is 5.88. The summed E-state index contributed by atoms with van der Waals surface area (Å²) >= 11 is 4.98. The number of amides is 2. The van der Waals surface area contributed by atoms with Crippen molar-refractivity contribution < 1.29 is 9.59 Å². The van der Waals surface area contributed by atoms with Crippen LogP contribution in [0.1, 0.15) is 37.2 Å². The summed E-state index contributed by atoms with van der Waals surface area (Å²) in [7, 11) is 0. The Hall–Kier alpha value is -3.04. The van der Waals surface area contributed by atoms with Crippen molar-refractivity contribution in [1.29, 1.82) is 0 Å². The van der Waals surface area contributed by atoms with Gasteiger partial charge in [0.15, 0.2) is 5.65 Å². The van der Waals surface area contributed by atoms with Gasteiger partial charge in [0.05, 0.1) is 39.1 Å². The molecular formula is C22H20BrN5O2S. The van der Waals surface area contributed by atoms with E-state index >= 15 is 0 Å². The van der Waals surface area contributed by atoms with Crippen LogP contribution < -0.4 is 10.6 Å². The molecule has 7 nitrogen and oxygen atoms in total. The second kappa shape index (κ2) is 8.60. The zero-order chi connectivity index (χ0) is 22.1. The number of carbonyl (C=O) groups is 2. The minimum absolute atomic E-state index is 0.0935. The fourth-order valence-corrected chi connectivity index (χ4v) is 4.29. The van der Waals surface area contributed by atoms with Crippen LogP contribution in [-0.2, 0) is 4.79 Å². The Bertz CT molecular complexity index is 1280. The van der Waals surface area contributed by atoms with Crippen molar-refractivity contribution in [3.8, 4) is 10.6 Å². The number of halogens is 1. The smallest absolute Gasteiger partial charge is 0.256 e. The molecular weight excluding hydrogens is 478 g/mol. The third kappa shape index (κ3) is 4.38. The van der Waals surface area contributed by atoms with E-state index in [0.717, 1.165) is 9.35 Å². The van der Waals surface area contributed by atoms with Gasteiger partial charge < -0.3 is 10.6 Å². The van der Waals surface area contributed by atoms with Gasteiger partial charge in [0.2, 0.25) is 5.91 Å². The molecule has 1 aromatic carbocycles. The highest BCUT2D eigenvalue weighted by Gasteiger charge is 2.20.